The first-order valence-electron chi connectivity index (χ1n) is 32.2. The Morgan fingerprint density at radius 3 is 0.889 bits per heavy atom. The quantitative estimate of drug-likeness (QED) is 0.0823. The SMILES string of the molecule is Cc1cc(C)cc(Sc2ccc(C#N)cc2CN2CCNC(=O)C2)c1.Cc1cc(Cl)cc(Sc2ccc(C#N)cc2CN2CCNC(=O)C2)c1.Cc1cc(Cl)cc(Sc2ccc(C#N)cc2CN2CCNC(=O)C2)c1.Cc1cc(Cl)cc(Sc2ccc(C#N)cc2CN2CCOCC2)c1. The van der Waals surface area contributed by atoms with Crippen LogP contribution in [0.15, 0.2) is 185 Å². The summed E-state index contributed by atoms with van der Waals surface area (Å²) in [4.78, 5) is 52.4. The molecule has 8 aromatic rings. The molecule has 0 unspecified atom stereocenters. The maximum Gasteiger partial charge on any atom is 0.234 e. The van der Waals surface area contributed by atoms with Gasteiger partial charge in [0, 0.05) is 133 Å². The van der Waals surface area contributed by atoms with E-state index in [1.54, 1.807) is 47.0 Å². The molecule has 3 N–H and O–H groups in total. The molecule has 4 saturated heterocycles. The summed E-state index contributed by atoms with van der Waals surface area (Å²) in [6.45, 7) is 22.1. The lowest BCUT2D eigenvalue weighted by Gasteiger charge is -2.27. The lowest BCUT2D eigenvalue weighted by molar-refractivity contribution is -0.125. The van der Waals surface area contributed by atoms with Crippen molar-refractivity contribution in [3.05, 3.63) is 233 Å². The van der Waals surface area contributed by atoms with Gasteiger partial charge in [-0.3, -0.25) is 34.0 Å². The third-order valence-electron chi connectivity index (χ3n) is 15.9. The highest BCUT2D eigenvalue weighted by Gasteiger charge is 2.22. The van der Waals surface area contributed by atoms with Crippen LogP contribution in [0.3, 0.4) is 0 Å². The first-order valence-corrected chi connectivity index (χ1v) is 36.6. The molecule has 4 aliphatic heterocycles. The number of rotatable bonds is 16. The maximum absolute atomic E-state index is 11.6. The number of amides is 3. The van der Waals surface area contributed by atoms with Gasteiger partial charge in [0.2, 0.25) is 17.7 Å². The van der Waals surface area contributed by atoms with Crippen molar-refractivity contribution in [1.29, 1.82) is 21.0 Å². The van der Waals surface area contributed by atoms with Crippen molar-refractivity contribution in [2.24, 2.45) is 0 Å². The fourth-order valence-corrected chi connectivity index (χ4v) is 16.9. The number of carbonyl (C=O) groups excluding carboxylic acids is 3. The minimum atomic E-state index is 0.0438. The minimum Gasteiger partial charge on any atom is -0.379 e. The highest BCUT2D eigenvalue weighted by Crippen LogP contribution is 2.38. The van der Waals surface area contributed by atoms with Gasteiger partial charge in [0.1, 0.15) is 0 Å². The van der Waals surface area contributed by atoms with E-state index in [4.69, 9.17) is 39.5 Å². The molecule has 0 saturated carbocycles. The van der Waals surface area contributed by atoms with Crippen LogP contribution in [0.4, 0.5) is 0 Å². The molecular formula is C77H76Cl3N11O4S4. The molecule has 0 radical (unpaired) electrons. The zero-order valence-corrected chi connectivity index (χ0v) is 61.4. The largest absolute Gasteiger partial charge is 0.379 e. The van der Waals surface area contributed by atoms with E-state index in [2.05, 4.69) is 110 Å². The van der Waals surface area contributed by atoms with Crippen molar-refractivity contribution >= 4 is 99.6 Å². The fraction of sp³-hybridized carbons (Fsp3) is 0.286. The van der Waals surface area contributed by atoms with Gasteiger partial charge in [0.05, 0.1) is 79.4 Å². The van der Waals surface area contributed by atoms with Crippen LogP contribution in [0.5, 0.6) is 0 Å². The summed E-state index contributed by atoms with van der Waals surface area (Å²) in [5.74, 6) is 0.149. The van der Waals surface area contributed by atoms with E-state index >= 15 is 0 Å². The van der Waals surface area contributed by atoms with Crippen LogP contribution in [0.25, 0.3) is 0 Å². The molecule has 15 nitrogen and oxygen atoms in total. The van der Waals surface area contributed by atoms with Crippen LogP contribution in [-0.4, -0.2) is 123 Å². The number of nitrogens with one attached hydrogen (secondary N) is 3. The topological polar surface area (TPSA) is 205 Å². The fourth-order valence-electron chi connectivity index (χ4n) is 11.5. The standard InChI is InChI=1S/C20H21N3OS.2C19H18ClN3OS.C19H19ClN2OS/c1-14-7-15(2)9-18(8-14)25-19-4-3-16(11-21)10-17(19)12-23-6-5-22-20(24)13-23;2*1-13-6-16(20)9-17(7-13)25-18-3-2-14(10-21)8-15(18)11-23-5-4-22-19(24)12-23;1-14-8-17(20)11-18(9-14)24-19-3-2-15(12-21)10-16(19)13-22-4-6-23-7-5-22/h3-4,7-10H,5-6,12-13H2,1-2H3,(H,22,24);2*2-3,6-9H,4-5,11-12H2,1H3,(H,22,24);2-3,8-11H,4-7,13H2,1H3. The van der Waals surface area contributed by atoms with Crippen LogP contribution in [0, 0.1) is 79.9 Å². The Kier molecular flexibility index (Phi) is 28.6. The number of ether oxygens (including phenoxy) is 1. The Labute approximate surface area is 613 Å². The van der Waals surface area contributed by atoms with E-state index in [1.165, 1.54) is 26.5 Å². The number of piperazine rings is 3. The van der Waals surface area contributed by atoms with Gasteiger partial charge in [-0.25, -0.2) is 0 Å². The number of halogens is 3. The van der Waals surface area contributed by atoms with E-state index in [0.29, 0.717) is 91.2 Å². The van der Waals surface area contributed by atoms with Gasteiger partial charge in [-0.2, -0.15) is 21.0 Å². The Morgan fingerprint density at radius 1 is 0.364 bits per heavy atom. The lowest BCUT2D eigenvalue weighted by atomic mass is 10.1. The monoisotopic (exact) mass is 1450 g/mol. The molecular weight excluding hydrogens is 1380 g/mol. The average Bonchev–Trinajstić information content (AvgIpc) is 0.880. The van der Waals surface area contributed by atoms with E-state index < -0.39 is 0 Å². The number of hydrogen-bond acceptors (Lipinski definition) is 16. The average molecular weight is 1450 g/mol. The summed E-state index contributed by atoms with van der Waals surface area (Å²) < 4.78 is 5.42. The molecule has 4 aliphatic rings. The molecule has 99 heavy (non-hydrogen) atoms. The number of benzene rings is 8. The van der Waals surface area contributed by atoms with E-state index in [-0.39, 0.29) is 17.7 Å². The summed E-state index contributed by atoms with van der Waals surface area (Å²) in [5, 5.41) is 47.6. The highest BCUT2D eigenvalue weighted by atomic mass is 35.5. The third kappa shape index (κ3) is 24.2. The number of morpholine rings is 1. The van der Waals surface area contributed by atoms with E-state index in [1.807, 2.05) is 130 Å². The Bertz CT molecular complexity index is 3990. The number of carbonyl (C=O) groups is 3. The van der Waals surface area contributed by atoms with Gasteiger partial charge in [-0.15, -0.1) is 0 Å². The predicted octanol–water partition coefficient (Wildman–Crippen LogP) is 15.0. The van der Waals surface area contributed by atoms with Gasteiger partial charge in [0.25, 0.3) is 0 Å². The summed E-state index contributed by atoms with van der Waals surface area (Å²) in [7, 11) is 0. The molecule has 0 aliphatic carbocycles. The number of nitriles is 4. The smallest absolute Gasteiger partial charge is 0.234 e. The number of aryl methyl sites for hydroxylation is 5. The van der Waals surface area contributed by atoms with Gasteiger partial charge < -0.3 is 20.7 Å². The van der Waals surface area contributed by atoms with Gasteiger partial charge in [-0.05, 0) is 224 Å². The van der Waals surface area contributed by atoms with Crippen molar-refractivity contribution in [3.63, 3.8) is 0 Å². The summed E-state index contributed by atoms with van der Waals surface area (Å²) in [5.41, 5.74) is 12.8. The van der Waals surface area contributed by atoms with Crippen LogP contribution in [-0.2, 0) is 45.3 Å². The second-order valence-electron chi connectivity index (χ2n) is 24.4. The highest BCUT2D eigenvalue weighted by molar-refractivity contribution is 8.00. The summed E-state index contributed by atoms with van der Waals surface area (Å²) in [6, 6.07) is 56.5. The molecule has 0 spiro atoms. The minimum absolute atomic E-state index is 0.0438. The Balaban J connectivity index is 0.000000154. The van der Waals surface area contributed by atoms with Gasteiger partial charge in [0.15, 0.2) is 0 Å². The van der Waals surface area contributed by atoms with Crippen molar-refractivity contribution in [3.8, 4) is 24.3 Å². The predicted molar refractivity (Wildman–Crippen MR) is 397 cm³/mol. The zero-order chi connectivity index (χ0) is 70.4. The third-order valence-corrected chi connectivity index (χ3v) is 21.0. The van der Waals surface area contributed by atoms with Crippen LogP contribution < -0.4 is 16.0 Å². The summed E-state index contributed by atoms with van der Waals surface area (Å²) in [6.07, 6.45) is 0. The molecule has 8 aromatic carbocycles. The molecule has 22 heteroatoms. The molecule has 508 valence electrons. The van der Waals surface area contributed by atoms with Crippen molar-refractivity contribution in [1.82, 2.24) is 35.6 Å². The first kappa shape index (κ1) is 75.4. The molecule has 0 bridgehead atoms. The van der Waals surface area contributed by atoms with Crippen molar-refractivity contribution in [2.45, 2.75) is 100.0 Å². The second-order valence-corrected chi connectivity index (χ2v) is 30.2. The number of nitrogens with zero attached hydrogens (tertiary/aromatic N) is 8. The summed E-state index contributed by atoms with van der Waals surface area (Å²) >= 11 is 25.2. The van der Waals surface area contributed by atoms with Crippen LogP contribution in [0.1, 0.15) is 72.3 Å². The molecule has 4 fully saturated rings. The molecule has 0 aromatic heterocycles. The van der Waals surface area contributed by atoms with E-state index in [0.717, 1.165) is 120 Å². The van der Waals surface area contributed by atoms with Gasteiger partial charge in [-0.1, -0.05) is 87.9 Å². The molecule has 12 rings (SSSR count). The zero-order valence-electron chi connectivity index (χ0n) is 55.9. The number of hydrogen-bond donors (Lipinski definition) is 3. The van der Waals surface area contributed by atoms with Crippen molar-refractivity contribution in [2.75, 3.05) is 85.2 Å². The molecule has 4 heterocycles. The molecule has 0 atom stereocenters. The molecule has 3 amide bonds. The van der Waals surface area contributed by atoms with Gasteiger partial charge >= 0.3 is 0 Å². The second kappa shape index (κ2) is 37.6. The van der Waals surface area contributed by atoms with Crippen LogP contribution in [0.2, 0.25) is 15.1 Å². The Morgan fingerprint density at radius 2 is 0.626 bits per heavy atom. The lowest BCUT2D eigenvalue weighted by Crippen LogP contribution is -2.47. The van der Waals surface area contributed by atoms with Crippen molar-refractivity contribution < 1.29 is 19.1 Å². The Hall–Kier alpha value is -7.80. The normalized spacial score (nSPS) is 14.9. The first-order chi connectivity index (χ1) is 47.7. The maximum atomic E-state index is 11.6. The van der Waals surface area contributed by atoms with Crippen LogP contribution >= 0.6 is 81.9 Å². The van der Waals surface area contributed by atoms with E-state index in [9.17, 15) is 35.4 Å².